The molecule has 13 heavy (non-hydrogen) atoms. The van der Waals surface area contributed by atoms with Crippen molar-refractivity contribution in [2.45, 2.75) is 51.2 Å². The average molecular weight is 183 g/mol. The van der Waals surface area contributed by atoms with E-state index >= 15 is 0 Å². The minimum Gasteiger partial charge on any atom is -0.388 e. The van der Waals surface area contributed by atoms with Gasteiger partial charge >= 0.3 is 0 Å². The molecular formula is C11H21NO. The molecule has 2 rings (SSSR count). The van der Waals surface area contributed by atoms with E-state index in [0.717, 1.165) is 18.9 Å². The molecule has 0 aromatic carbocycles. The smallest absolute Gasteiger partial charge is 0.0802 e. The van der Waals surface area contributed by atoms with E-state index in [-0.39, 0.29) is 5.60 Å². The van der Waals surface area contributed by atoms with Gasteiger partial charge in [-0.15, -0.1) is 0 Å². The fourth-order valence-corrected chi connectivity index (χ4v) is 3.01. The number of rotatable bonds is 3. The average Bonchev–Trinajstić information content (AvgIpc) is 2.60. The van der Waals surface area contributed by atoms with Crippen molar-refractivity contribution in [3.8, 4) is 0 Å². The second-order valence-corrected chi connectivity index (χ2v) is 5.22. The first-order valence-corrected chi connectivity index (χ1v) is 5.56. The molecule has 2 heteroatoms. The van der Waals surface area contributed by atoms with E-state index in [1.807, 2.05) is 0 Å². The zero-order chi connectivity index (χ0) is 9.47. The number of hydrogen-bond donors (Lipinski definition) is 2. The standard InChI is InChI=1S/C11H21NO/c1-8(2)12-7-11(13)6-9-3-4-10(11)5-9/h8-10,12-13H,3-7H2,1-2H3. The highest BCUT2D eigenvalue weighted by Crippen LogP contribution is 2.50. The molecule has 3 atom stereocenters. The maximum atomic E-state index is 10.4. The van der Waals surface area contributed by atoms with E-state index in [2.05, 4.69) is 19.2 Å². The Balaban J connectivity index is 1.90. The molecule has 2 bridgehead atoms. The third-order valence-corrected chi connectivity index (χ3v) is 3.76. The molecule has 0 spiro atoms. The largest absolute Gasteiger partial charge is 0.388 e. The first-order valence-electron chi connectivity index (χ1n) is 5.56. The fourth-order valence-electron chi connectivity index (χ4n) is 3.01. The summed E-state index contributed by atoms with van der Waals surface area (Å²) in [6, 6.07) is 0.489. The molecule has 2 nitrogen and oxygen atoms in total. The van der Waals surface area contributed by atoms with Crippen LogP contribution < -0.4 is 5.32 Å². The van der Waals surface area contributed by atoms with Crippen LogP contribution in [-0.4, -0.2) is 23.3 Å². The van der Waals surface area contributed by atoms with Crippen LogP contribution in [0.4, 0.5) is 0 Å². The van der Waals surface area contributed by atoms with E-state index in [9.17, 15) is 5.11 Å². The van der Waals surface area contributed by atoms with Gasteiger partial charge in [0.1, 0.15) is 0 Å². The van der Waals surface area contributed by atoms with Gasteiger partial charge in [0.2, 0.25) is 0 Å². The number of aliphatic hydroxyl groups is 1. The molecule has 2 N–H and O–H groups in total. The van der Waals surface area contributed by atoms with Gasteiger partial charge in [-0.05, 0) is 37.5 Å². The molecule has 0 saturated heterocycles. The van der Waals surface area contributed by atoms with Crippen LogP contribution in [0, 0.1) is 11.8 Å². The zero-order valence-corrected chi connectivity index (χ0v) is 8.71. The molecule has 0 amide bonds. The third-order valence-electron chi connectivity index (χ3n) is 3.76. The monoisotopic (exact) mass is 183 g/mol. The highest BCUT2D eigenvalue weighted by Gasteiger charge is 2.49. The maximum absolute atomic E-state index is 10.4. The van der Waals surface area contributed by atoms with Crippen molar-refractivity contribution >= 4 is 0 Å². The normalized spacial score (nSPS) is 43.4. The number of nitrogens with one attached hydrogen (secondary N) is 1. The Bertz CT molecular complexity index is 193. The minimum absolute atomic E-state index is 0.368. The van der Waals surface area contributed by atoms with E-state index in [4.69, 9.17) is 0 Å². The Kier molecular flexibility index (Phi) is 2.37. The number of fused-ring (bicyclic) bond motifs is 2. The summed E-state index contributed by atoms with van der Waals surface area (Å²) in [4.78, 5) is 0. The summed E-state index contributed by atoms with van der Waals surface area (Å²) in [7, 11) is 0. The van der Waals surface area contributed by atoms with Gasteiger partial charge in [-0.3, -0.25) is 0 Å². The molecule has 0 radical (unpaired) electrons. The van der Waals surface area contributed by atoms with Gasteiger partial charge in [0.15, 0.2) is 0 Å². The molecule has 0 aromatic heterocycles. The highest BCUT2D eigenvalue weighted by molar-refractivity contribution is 5.02. The van der Waals surface area contributed by atoms with Crippen LogP contribution in [-0.2, 0) is 0 Å². The van der Waals surface area contributed by atoms with Crippen molar-refractivity contribution in [3.05, 3.63) is 0 Å². The lowest BCUT2D eigenvalue weighted by molar-refractivity contribution is -0.0131. The van der Waals surface area contributed by atoms with Crippen LogP contribution in [0.1, 0.15) is 39.5 Å². The minimum atomic E-state index is -0.368. The molecule has 2 fully saturated rings. The van der Waals surface area contributed by atoms with Gasteiger partial charge in [0, 0.05) is 12.6 Å². The fraction of sp³-hybridized carbons (Fsp3) is 1.00. The van der Waals surface area contributed by atoms with Crippen molar-refractivity contribution in [1.82, 2.24) is 5.32 Å². The van der Waals surface area contributed by atoms with Gasteiger partial charge in [-0.2, -0.15) is 0 Å². The van der Waals surface area contributed by atoms with Gasteiger partial charge in [-0.25, -0.2) is 0 Å². The molecule has 76 valence electrons. The summed E-state index contributed by atoms with van der Waals surface area (Å²) in [5.41, 5.74) is -0.368. The zero-order valence-electron chi connectivity index (χ0n) is 8.71. The molecule has 2 aliphatic carbocycles. The van der Waals surface area contributed by atoms with Crippen molar-refractivity contribution in [3.63, 3.8) is 0 Å². The lowest BCUT2D eigenvalue weighted by Gasteiger charge is -2.33. The summed E-state index contributed by atoms with van der Waals surface area (Å²) in [6.07, 6.45) is 4.92. The van der Waals surface area contributed by atoms with Gasteiger partial charge in [0.25, 0.3) is 0 Å². The van der Waals surface area contributed by atoms with Crippen LogP contribution in [0.3, 0.4) is 0 Å². The van der Waals surface area contributed by atoms with Crippen LogP contribution in [0.15, 0.2) is 0 Å². The lowest BCUT2D eigenvalue weighted by atomic mass is 9.84. The number of hydrogen-bond acceptors (Lipinski definition) is 2. The van der Waals surface area contributed by atoms with Crippen LogP contribution in [0.2, 0.25) is 0 Å². The Morgan fingerprint density at radius 1 is 1.46 bits per heavy atom. The lowest BCUT2D eigenvalue weighted by Crippen LogP contribution is -2.46. The second kappa shape index (κ2) is 3.25. The van der Waals surface area contributed by atoms with E-state index < -0.39 is 0 Å². The van der Waals surface area contributed by atoms with Crippen LogP contribution >= 0.6 is 0 Å². The van der Waals surface area contributed by atoms with Crippen molar-refractivity contribution < 1.29 is 5.11 Å². The summed E-state index contributed by atoms with van der Waals surface area (Å²) in [5, 5.41) is 13.7. The van der Waals surface area contributed by atoms with Gasteiger partial charge in [-0.1, -0.05) is 13.8 Å². The Morgan fingerprint density at radius 3 is 2.69 bits per heavy atom. The molecule has 2 aliphatic rings. The highest BCUT2D eigenvalue weighted by atomic mass is 16.3. The summed E-state index contributed by atoms with van der Waals surface area (Å²) < 4.78 is 0. The Labute approximate surface area is 80.7 Å². The predicted octanol–water partition coefficient (Wildman–Crippen LogP) is 1.54. The molecule has 2 saturated carbocycles. The first-order chi connectivity index (χ1) is 6.10. The van der Waals surface area contributed by atoms with E-state index in [1.54, 1.807) is 0 Å². The molecule has 3 unspecified atom stereocenters. The van der Waals surface area contributed by atoms with Crippen molar-refractivity contribution in [2.24, 2.45) is 11.8 Å². The SMILES string of the molecule is CC(C)NCC1(O)CC2CCC1C2. The molecule has 0 aromatic rings. The topological polar surface area (TPSA) is 32.3 Å². The molecule has 0 aliphatic heterocycles. The van der Waals surface area contributed by atoms with E-state index in [1.165, 1.54) is 19.3 Å². The van der Waals surface area contributed by atoms with Crippen LogP contribution in [0.5, 0.6) is 0 Å². The maximum Gasteiger partial charge on any atom is 0.0802 e. The van der Waals surface area contributed by atoms with Crippen molar-refractivity contribution in [1.29, 1.82) is 0 Å². The van der Waals surface area contributed by atoms with E-state index in [0.29, 0.717) is 12.0 Å². The first kappa shape index (κ1) is 9.47. The van der Waals surface area contributed by atoms with Gasteiger partial charge in [0.05, 0.1) is 5.60 Å². The van der Waals surface area contributed by atoms with Gasteiger partial charge < -0.3 is 10.4 Å². The third kappa shape index (κ3) is 1.75. The summed E-state index contributed by atoms with van der Waals surface area (Å²) in [5.74, 6) is 1.41. The summed E-state index contributed by atoms with van der Waals surface area (Å²) in [6.45, 7) is 5.07. The Hall–Kier alpha value is -0.0800. The van der Waals surface area contributed by atoms with Crippen molar-refractivity contribution in [2.75, 3.05) is 6.54 Å². The molecule has 0 heterocycles. The Morgan fingerprint density at radius 2 is 2.23 bits per heavy atom. The predicted molar refractivity (Wildman–Crippen MR) is 53.5 cm³/mol. The molecular weight excluding hydrogens is 162 g/mol. The summed E-state index contributed by atoms with van der Waals surface area (Å²) >= 11 is 0. The van der Waals surface area contributed by atoms with Crippen LogP contribution in [0.25, 0.3) is 0 Å². The quantitative estimate of drug-likeness (QED) is 0.695. The second-order valence-electron chi connectivity index (χ2n) is 5.22.